The molecule has 0 amide bonds. The Balaban J connectivity index is 2.32. The normalized spacial score (nSPS) is 18.0. The maximum atomic E-state index is 12.1. The lowest BCUT2D eigenvalue weighted by Gasteiger charge is -2.36. The number of hydrogen-bond donors (Lipinski definition) is 1. The van der Waals surface area contributed by atoms with Crippen LogP contribution in [-0.2, 0) is 0 Å². The van der Waals surface area contributed by atoms with Crippen LogP contribution in [0.1, 0.15) is 29.8 Å². The van der Waals surface area contributed by atoms with Crippen molar-refractivity contribution in [1.29, 1.82) is 0 Å². The first-order chi connectivity index (χ1) is 7.17. The van der Waals surface area contributed by atoms with Crippen molar-refractivity contribution in [2.24, 2.45) is 5.73 Å². The molecule has 4 heteroatoms. The van der Waals surface area contributed by atoms with Crippen LogP contribution in [-0.4, -0.2) is 23.4 Å². The standard InChI is InChI=1S/C11H14N2O2/c1-15-8-4-2-7-13-9(8)10(14)11(12)5-3-6-11/h2,4,7H,3,5-6,12H2,1H3. The number of carbonyl (C=O) groups is 1. The van der Waals surface area contributed by atoms with Crippen LogP contribution in [0.2, 0.25) is 0 Å². The van der Waals surface area contributed by atoms with Crippen LogP contribution in [0.3, 0.4) is 0 Å². The fraction of sp³-hybridized carbons (Fsp3) is 0.455. The molecule has 0 aliphatic heterocycles. The minimum atomic E-state index is -0.707. The van der Waals surface area contributed by atoms with Gasteiger partial charge < -0.3 is 10.5 Å². The van der Waals surface area contributed by atoms with Gasteiger partial charge in [-0.15, -0.1) is 0 Å². The third kappa shape index (κ3) is 1.61. The summed E-state index contributed by atoms with van der Waals surface area (Å²) in [6.07, 6.45) is 4.08. The molecular weight excluding hydrogens is 192 g/mol. The summed E-state index contributed by atoms with van der Waals surface area (Å²) in [5.74, 6) is 0.394. The number of methoxy groups -OCH3 is 1. The monoisotopic (exact) mass is 206 g/mol. The van der Waals surface area contributed by atoms with Crippen molar-refractivity contribution in [2.75, 3.05) is 7.11 Å². The molecule has 1 heterocycles. The lowest BCUT2D eigenvalue weighted by molar-refractivity contribution is 0.0791. The summed E-state index contributed by atoms with van der Waals surface area (Å²) in [5.41, 5.74) is 5.60. The SMILES string of the molecule is COc1cccnc1C(=O)C1(N)CCC1. The van der Waals surface area contributed by atoms with Gasteiger partial charge in [-0.3, -0.25) is 4.79 Å². The highest BCUT2D eigenvalue weighted by molar-refractivity contribution is 6.04. The van der Waals surface area contributed by atoms with E-state index in [1.165, 1.54) is 7.11 Å². The van der Waals surface area contributed by atoms with Gasteiger partial charge in [0.1, 0.15) is 11.4 Å². The first-order valence-corrected chi connectivity index (χ1v) is 5.00. The van der Waals surface area contributed by atoms with E-state index < -0.39 is 5.54 Å². The summed E-state index contributed by atoms with van der Waals surface area (Å²) in [4.78, 5) is 16.1. The number of carbonyl (C=O) groups excluding carboxylic acids is 1. The molecule has 0 unspecified atom stereocenters. The maximum Gasteiger partial charge on any atom is 0.204 e. The van der Waals surface area contributed by atoms with Gasteiger partial charge in [0.2, 0.25) is 5.78 Å². The van der Waals surface area contributed by atoms with E-state index in [1.807, 2.05) is 0 Å². The number of aromatic nitrogens is 1. The second-order valence-electron chi connectivity index (χ2n) is 3.89. The summed E-state index contributed by atoms with van der Waals surface area (Å²) in [6, 6.07) is 3.46. The maximum absolute atomic E-state index is 12.1. The number of rotatable bonds is 3. The summed E-state index contributed by atoms with van der Waals surface area (Å²) < 4.78 is 5.09. The van der Waals surface area contributed by atoms with E-state index in [9.17, 15) is 4.79 Å². The first-order valence-electron chi connectivity index (χ1n) is 5.00. The number of hydrogen-bond acceptors (Lipinski definition) is 4. The fourth-order valence-corrected chi connectivity index (χ4v) is 1.75. The van der Waals surface area contributed by atoms with E-state index in [1.54, 1.807) is 18.3 Å². The zero-order valence-electron chi connectivity index (χ0n) is 8.69. The summed E-state index contributed by atoms with van der Waals surface area (Å²) in [6.45, 7) is 0. The van der Waals surface area contributed by atoms with Crippen molar-refractivity contribution >= 4 is 5.78 Å². The Kier molecular flexibility index (Phi) is 2.44. The largest absolute Gasteiger partial charge is 0.494 e. The lowest BCUT2D eigenvalue weighted by Crippen LogP contribution is -2.53. The van der Waals surface area contributed by atoms with Gasteiger partial charge in [0.15, 0.2) is 0 Å². The molecule has 1 fully saturated rings. The molecule has 1 aliphatic rings. The minimum Gasteiger partial charge on any atom is -0.494 e. The van der Waals surface area contributed by atoms with Crippen LogP contribution >= 0.6 is 0 Å². The number of Topliss-reactive ketones (excluding diaryl/α,β-unsaturated/α-hetero) is 1. The third-order valence-electron chi connectivity index (χ3n) is 2.90. The molecule has 2 N–H and O–H groups in total. The highest BCUT2D eigenvalue weighted by Crippen LogP contribution is 2.33. The van der Waals surface area contributed by atoms with Crippen molar-refractivity contribution in [3.63, 3.8) is 0 Å². The number of nitrogens with zero attached hydrogens (tertiary/aromatic N) is 1. The highest BCUT2D eigenvalue weighted by Gasteiger charge is 2.42. The van der Waals surface area contributed by atoms with E-state index in [4.69, 9.17) is 10.5 Å². The van der Waals surface area contributed by atoms with Crippen LogP contribution < -0.4 is 10.5 Å². The predicted molar refractivity (Wildman–Crippen MR) is 55.9 cm³/mol. The second kappa shape index (κ2) is 3.62. The summed E-state index contributed by atoms with van der Waals surface area (Å²) >= 11 is 0. The molecule has 1 aliphatic carbocycles. The molecular formula is C11H14N2O2. The molecule has 15 heavy (non-hydrogen) atoms. The molecule has 0 radical (unpaired) electrons. The molecule has 1 aromatic rings. The minimum absolute atomic E-state index is 0.105. The topological polar surface area (TPSA) is 65.2 Å². The second-order valence-corrected chi connectivity index (χ2v) is 3.89. The van der Waals surface area contributed by atoms with Crippen molar-refractivity contribution in [3.8, 4) is 5.75 Å². The van der Waals surface area contributed by atoms with Gasteiger partial charge in [0, 0.05) is 6.20 Å². The Morgan fingerprint density at radius 3 is 2.87 bits per heavy atom. The van der Waals surface area contributed by atoms with Crippen LogP contribution in [0.25, 0.3) is 0 Å². The zero-order valence-corrected chi connectivity index (χ0v) is 8.69. The Labute approximate surface area is 88.4 Å². The molecule has 0 bridgehead atoms. The van der Waals surface area contributed by atoms with Gasteiger partial charge in [0.05, 0.1) is 12.6 Å². The van der Waals surface area contributed by atoms with Gasteiger partial charge in [-0.25, -0.2) is 4.98 Å². The number of pyridine rings is 1. The van der Waals surface area contributed by atoms with Crippen molar-refractivity contribution < 1.29 is 9.53 Å². The van der Waals surface area contributed by atoms with Gasteiger partial charge >= 0.3 is 0 Å². The van der Waals surface area contributed by atoms with E-state index in [-0.39, 0.29) is 5.78 Å². The van der Waals surface area contributed by atoms with E-state index >= 15 is 0 Å². The van der Waals surface area contributed by atoms with Crippen molar-refractivity contribution in [1.82, 2.24) is 4.98 Å². The van der Waals surface area contributed by atoms with Crippen LogP contribution in [0.5, 0.6) is 5.75 Å². The number of ketones is 1. The Bertz CT molecular complexity index is 386. The Morgan fingerprint density at radius 1 is 1.60 bits per heavy atom. The van der Waals surface area contributed by atoms with Crippen LogP contribution in [0, 0.1) is 0 Å². The van der Waals surface area contributed by atoms with Crippen LogP contribution in [0.15, 0.2) is 18.3 Å². The summed E-state index contributed by atoms with van der Waals surface area (Å²) in [5, 5.41) is 0. The van der Waals surface area contributed by atoms with E-state index in [2.05, 4.69) is 4.98 Å². The highest BCUT2D eigenvalue weighted by atomic mass is 16.5. The molecule has 0 spiro atoms. The van der Waals surface area contributed by atoms with Gasteiger partial charge in [-0.2, -0.15) is 0 Å². The number of nitrogens with two attached hydrogens (primary N) is 1. The molecule has 0 aromatic carbocycles. The smallest absolute Gasteiger partial charge is 0.204 e. The van der Waals surface area contributed by atoms with Gasteiger partial charge in [0.25, 0.3) is 0 Å². The fourth-order valence-electron chi connectivity index (χ4n) is 1.75. The molecule has 80 valence electrons. The van der Waals surface area contributed by atoms with Crippen molar-refractivity contribution in [3.05, 3.63) is 24.0 Å². The van der Waals surface area contributed by atoms with E-state index in [0.717, 1.165) is 19.3 Å². The van der Waals surface area contributed by atoms with Gasteiger partial charge in [-0.05, 0) is 31.4 Å². The van der Waals surface area contributed by atoms with Crippen molar-refractivity contribution in [2.45, 2.75) is 24.8 Å². The Morgan fingerprint density at radius 2 is 2.33 bits per heavy atom. The van der Waals surface area contributed by atoms with E-state index in [0.29, 0.717) is 11.4 Å². The molecule has 1 aromatic heterocycles. The zero-order chi connectivity index (χ0) is 10.9. The molecule has 1 saturated carbocycles. The predicted octanol–water partition coefficient (Wildman–Crippen LogP) is 1.15. The van der Waals surface area contributed by atoms with Crippen LogP contribution in [0.4, 0.5) is 0 Å². The first kappa shape index (κ1) is 10.1. The average molecular weight is 206 g/mol. The lowest BCUT2D eigenvalue weighted by atomic mass is 9.73. The average Bonchev–Trinajstić information content (AvgIpc) is 2.25. The Hall–Kier alpha value is -1.42. The quantitative estimate of drug-likeness (QED) is 0.753. The number of ether oxygens (including phenoxy) is 1. The van der Waals surface area contributed by atoms with Gasteiger partial charge in [-0.1, -0.05) is 0 Å². The summed E-state index contributed by atoms with van der Waals surface area (Å²) in [7, 11) is 1.53. The molecule has 2 rings (SSSR count). The third-order valence-corrected chi connectivity index (χ3v) is 2.90. The molecule has 0 saturated heterocycles. The molecule has 4 nitrogen and oxygen atoms in total. The molecule has 0 atom stereocenters.